The van der Waals surface area contributed by atoms with Gasteiger partial charge in [0.1, 0.15) is 5.82 Å². The molecule has 1 heterocycles. The summed E-state index contributed by atoms with van der Waals surface area (Å²) in [5.74, 6) is 1.17. The van der Waals surface area contributed by atoms with Gasteiger partial charge in [0.05, 0.1) is 10.0 Å². The SMILES string of the molecule is Clc1ccc(Nc2ccnc(Nc3ccccc3)n2)cc1Cl. The van der Waals surface area contributed by atoms with E-state index in [4.69, 9.17) is 23.2 Å². The van der Waals surface area contributed by atoms with Crippen molar-refractivity contribution in [2.45, 2.75) is 0 Å². The van der Waals surface area contributed by atoms with Crippen molar-refractivity contribution in [2.24, 2.45) is 0 Å². The molecule has 3 aromatic rings. The minimum Gasteiger partial charge on any atom is -0.340 e. The van der Waals surface area contributed by atoms with Gasteiger partial charge in [0.25, 0.3) is 0 Å². The first-order valence-electron chi connectivity index (χ1n) is 6.58. The second kappa shape index (κ2) is 6.64. The van der Waals surface area contributed by atoms with E-state index in [0.717, 1.165) is 11.4 Å². The van der Waals surface area contributed by atoms with Crippen molar-refractivity contribution in [3.05, 3.63) is 70.8 Å². The summed E-state index contributed by atoms with van der Waals surface area (Å²) in [6, 6.07) is 16.8. The van der Waals surface area contributed by atoms with Gasteiger partial charge in [-0.05, 0) is 36.4 Å². The van der Waals surface area contributed by atoms with Crippen molar-refractivity contribution in [1.29, 1.82) is 0 Å². The molecule has 0 saturated carbocycles. The topological polar surface area (TPSA) is 49.8 Å². The fraction of sp³-hybridized carbons (Fsp3) is 0. The number of nitrogens with zero attached hydrogens (tertiary/aromatic N) is 2. The van der Waals surface area contributed by atoms with Crippen LogP contribution in [-0.2, 0) is 0 Å². The van der Waals surface area contributed by atoms with Crippen LogP contribution in [0, 0.1) is 0 Å². The molecule has 2 aromatic carbocycles. The van der Waals surface area contributed by atoms with Crippen LogP contribution in [-0.4, -0.2) is 9.97 Å². The number of hydrogen-bond donors (Lipinski definition) is 2. The molecule has 2 N–H and O–H groups in total. The number of halogens is 2. The Morgan fingerprint density at radius 2 is 1.59 bits per heavy atom. The molecule has 0 saturated heterocycles. The molecule has 6 heteroatoms. The van der Waals surface area contributed by atoms with Crippen molar-refractivity contribution < 1.29 is 0 Å². The van der Waals surface area contributed by atoms with Crippen LogP contribution in [0.15, 0.2) is 60.8 Å². The third kappa shape index (κ3) is 3.67. The summed E-state index contributed by atoms with van der Waals surface area (Å²) in [6.45, 7) is 0. The summed E-state index contributed by atoms with van der Waals surface area (Å²) in [6.07, 6.45) is 1.68. The summed E-state index contributed by atoms with van der Waals surface area (Å²) < 4.78 is 0. The van der Waals surface area contributed by atoms with E-state index in [-0.39, 0.29) is 0 Å². The molecule has 1 aromatic heterocycles. The molecule has 0 atom stereocenters. The van der Waals surface area contributed by atoms with E-state index in [1.54, 1.807) is 24.4 Å². The van der Waals surface area contributed by atoms with Gasteiger partial charge in [-0.1, -0.05) is 41.4 Å². The second-order valence-corrected chi connectivity index (χ2v) is 5.32. The molecule has 0 amide bonds. The highest BCUT2D eigenvalue weighted by molar-refractivity contribution is 6.42. The fourth-order valence-corrected chi connectivity index (χ4v) is 2.16. The fourth-order valence-electron chi connectivity index (χ4n) is 1.86. The summed E-state index contributed by atoms with van der Waals surface area (Å²) in [7, 11) is 0. The Morgan fingerprint density at radius 3 is 2.36 bits per heavy atom. The Labute approximate surface area is 138 Å². The van der Waals surface area contributed by atoms with Crippen LogP contribution in [0.3, 0.4) is 0 Å². The van der Waals surface area contributed by atoms with Crippen molar-refractivity contribution >= 4 is 46.3 Å². The number of benzene rings is 2. The molecular weight excluding hydrogens is 319 g/mol. The summed E-state index contributed by atoms with van der Waals surface area (Å²) in [4.78, 5) is 8.60. The summed E-state index contributed by atoms with van der Waals surface area (Å²) >= 11 is 11.9. The van der Waals surface area contributed by atoms with Crippen LogP contribution in [0.2, 0.25) is 10.0 Å². The van der Waals surface area contributed by atoms with Crippen LogP contribution in [0.4, 0.5) is 23.1 Å². The molecule has 0 aliphatic heterocycles. The van der Waals surface area contributed by atoms with Gasteiger partial charge in [-0.2, -0.15) is 4.98 Å². The Bertz CT molecular complexity index is 778. The number of anilines is 4. The van der Waals surface area contributed by atoms with Crippen molar-refractivity contribution in [3.8, 4) is 0 Å². The lowest BCUT2D eigenvalue weighted by Crippen LogP contribution is -2.00. The predicted octanol–water partition coefficient (Wildman–Crippen LogP) is 5.27. The molecule has 0 fully saturated rings. The van der Waals surface area contributed by atoms with Crippen LogP contribution >= 0.6 is 23.2 Å². The summed E-state index contributed by atoms with van der Waals surface area (Å²) in [5.41, 5.74) is 1.73. The lowest BCUT2D eigenvalue weighted by Gasteiger charge is -2.09. The normalized spacial score (nSPS) is 10.3. The third-order valence-electron chi connectivity index (χ3n) is 2.88. The summed E-state index contributed by atoms with van der Waals surface area (Å²) in [5, 5.41) is 7.31. The maximum absolute atomic E-state index is 6.00. The highest BCUT2D eigenvalue weighted by Crippen LogP contribution is 2.26. The van der Waals surface area contributed by atoms with E-state index in [0.29, 0.717) is 21.8 Å². The molecule has 110 valence electrons. The largest absolute Gasteiger partial charge is 0.340 e. The van der Waals surface area contributed by atoms with Gasteiger partial charge >= 0.3 is 0 Å². The van der Waals surface area contributed by atoms with Crippen molar-refractivity contribution in [3.63, 3.8) is 0 Å². The Hall–Kier alpha value is -2.30. The maximum atomic E-state index is 6.00. The van der Waals surface area contributed by atoms with Crippen molar-refractivity contribution in [1.82, 2.24) is 9.97 Å². The molecule has 0 aliphatic rings. The second-order valence-electron chi connectivity index (χ2n) is 4.51. The first kappa shape index (κ1) is 14.6. The van der Waals surface area contributed by atoms with E-state index in [1.165, 1.54) is 0 Å². The zero-order valence-corrected chi connectivity index (χ0v) is 12.9. The van der Waals surface area contributed by atoms with Gasteiger partial charge in [0.2, 0.25) is 5.95 Å². The first-order chi connectivity index (χ1) is 10.7. The Kier molecular flexibility index (Phi) is 4.42. The zero-order chi connectivity index (χ0) is 15.4. The van der Waals surface area contributed by atoms with Gasteiger partial charge in [-0.3, -0.25) is 0 Å². The minimum absolute atomic E-state index is 0.489. The predicted molar refractivity (Wildman–Crippen MR) is 91.5 cm³/mol. The van der Waals surface area contributed by atoms with E-state index < -0.39 is 0 Å². The molecule has 0 spiro atoms. The number of para-hydroxylation sites is 1. The highest BCUT2D eigenvalue weighted by Gasteiger charge is 2.03. The van der Waals surface area contributed by atoms with Crippen LogP contribution < -0.4 is 10.6 Å². The van der Waals surface area contributed by atoms with E-state index >= 15 is 0 Å². The number of hydrogen-bond acceptors (Lipinski definition) is 4. The van der Waals surface area contributed by atoms with Gasteiger partial charge < -0.3 is 10.6 Å². The molecule has 0 aliphatic carbocycles. The van der Waals surface area contributed by atoms with Crippen LogP contribution in [0.5, 0.6) is 0 Å². The van der Waals surface area contributed by atoms with Crippen LogP contribution in [0.25, 0.3) is 0 Å². The van der Waals surface area contributed by atoms with Gasteiger partial charge in [0.15, 0.2) is 0 Å². The highest BCUT2D eigenvalue weighted by atomic mass is 35.5. The quantitative estimate of drug-likeness (QED) is 0.684. The molecular formula is C16H12Cl2N4. The lowest BCUT2D eigenvalue weighted by molar-refractivity contribution is 1.17. The van der Waals surface area contributed by atoms with Gasteiger partial charge in [-0.15, -0.1) is 0 Å². The average molecular weight is 331 g/mol. The molecule has 0 unspecified atom stereocenters. The van der Waals surface area contributed by atoms with Gasteiger partial charge in [-0.25, -0.2) is 4.98 Å². The van der Waals surface area contributed by atoms with E-state index in [1.807, 2.05) is 36.4 Å². The Morgan fingerprint density at radius 1 is 0.773 bits per heavy atom. The maximum Gasteiger partial charge on any atom is 0.229 e. The number of nitrogens with one attached hydrogen (secondary N) is 2. The molecule has 0 radical (unpaired) electrons. The average Bonchev–Trinajstić information content (AvgIpc) is 2.52. The van der Waals surface area contributed by atoms with Crippen molar-refractivity contribution in [2.75, 3.05) is 10.6 Å². The molecule has 3 rings (SSSR count). The molecule has 4 nitrogen and oxygen atoms in total. The smallest absolute Gasteiger partial charge is 0.229 e. The van der Waals surface area contributed by atoms with E-state index in [9.17, 15) is 0 Å². The van der Waals surface area contributed by atoms with E-state index in [2.05, 4.69) is 20.6 Å². The standard InChI is InChI=1S/C16H12Cl2N4/c17-13-7-6-12(10-14(13)18)20-15-8-9-19-16(22-15)21-11-4-2-1-3-5-11/h1-10H,(H2,19,20,21,22). The monoisotopic (exact) mass is 330 g/mol. The first-order valence-corrected chi connectivity index (χ1v) is 7.33. The molecule has 0 bridgehead atoms. The number of rotatable bonds is 4. The molecule has 22 heavy (non-hydrogen) atoms. The number of aromatic nitrogens is 2. The van der Waals surface area contributed by atoms with Gasteiger partial charge in [0, 0.05) is 17.6 Å². The minimum atomic E-state index is 0.489. The zero-order valence-electron chi connectivity index (χ0n) is 11.4. The van der Waals surface area contributed by atoms with Crippen LogP contribution in [0.1, 0.15) is 0 Å². The third-order valence-corrected chi connectivity index (χ3v) is 3.62. The Balaban J connectivity index is 1.77. The lowest BCUT2D eigenvalue weighted by atomic mass is 10.3.